The van der Waals surface area contributed by atoms with Gasteiger partial charge in [-0.1, -0.05) is 47.5 Å². The highest BCUT2D eigenvalue weighted by atomic mass is 32.1. The van der Waals surface area contributed by atoms with E-state index in [0.717, 1.165) is 40.0 Å². The molecule has 186 valence electrons. The third-order valence-electron chi connectivity index (χ3n) is 6.51. The number of hydrogen-bond acceptors (Lipinski definition) is 5. The Morgan fingerprint density at radius 2 is 1.74 bits per heavy atom. The van der Waals surface area contributed by atoms with Gasteiger partial charge in [-0.25, -0.2) is 4.79 Å². The second-order valence-electron chi connectivity index (χ2n) is 9.13. The fourth-order valence-electron chi connectivity index (χ4n) is 4.56. The molecule has 35 heavy (non-hydrogen) atoms. The quantitative estimate of drug-likeness (QED) is 0.350. The first kappa shape index (κ1) is 25.6. The summed E-state index contributed by atoms with van der Waals surface area (Å²) in [7, 11) is -2.18. The van der Waals surface area contributed by atoms with Gasteiger partial charge in [-0.3, -0.25) is 9.24 Å². The molecule has 0 radical (unpaired) electrons. The van der Waals surface area contributed by atoms with E-state index in [0.29, 0.717) is 30.8 Å². The second-order valence-corrected chi connectivity index (χ2v) is 12.5. The van der Waals surface area contributed by atoms with Gasteiger partial charge in [0.25, 0.3) is 0 Å². The number of thiophene rings is 1. The molecule has 3 aromatic rings. The van der Waals surface area contributed by atoms with Gasteiger partial charge >= 0.3 is 13.5 Å². The molecule has 1 unspecified atom stereocenters. The molecular formula is C27H32NO5PS. The van der Waals surface area contributed by atoms with Gasteiger partial charge in [0.1, 0.15) is 4.88 Å². The van der Waals surface area contributed by atoms with Gasteiger partial charge in [0.2, 0.25) is 0 Å². The summed E-state index contributed by atoms with van der Waals surface area (Å²) in [5, 5.41) is 10.8. The first-order chi connectivity index (χ1) is 16.7. The lowest BCUT2D eigenvalue weighted by Gasteiger charge is -2.36. The molecule has 1 saturated heterocycles. The lowest BCUT2D eigenvalue weighted by atomic mass is 10.0. The van der Waals surface area contributed by atoms with E-state index in [1.54, 1.807) is 4.67 Å². The molecule has 2 heterocycles. The highest BCUT2D eigenvalue weighted by molar-refractivity contribution is 7.68. The summed E-state index contributed by atoms with van der Waals surface area (Å²) < 4.78 is 27.8. The van der Waals surface area contributed by atoms with E-state index in [9.17, 15) is 14.5 Å². The van der Waals surface area contributed by atoms with Crippen LogP contribution >= 0.6 is 18.9 Å². The van der Waals surface area contributed by atoms with E-state index in [4.69, 9.17) is 9.26 Å². The number of ether oxygens (including phenoxy) is 1. The van der Waals surface area contributed by atoms with Gasteiger partial charge in [0, 0.05) is 31.7 Å². The fraction of sp³-hybridized carbons (Fsp3) is 0.370. The molecule has 2 aromatic carbocycles. The number of rotatable bonds is 8. The van der Waals surface area contributed by atoms with Crippen LogP contribution in [0.4, 0.5) is 5.69 Å². The number of carboxylic acids is 1. The van der Waals surface area contributed by atoms with Crippen molar-refractivity contribution in [3.8, 4) is 10.4 Å². The Labute approximate surface area is 211 Å². The van der Waals surface area contributed by atoms with E-state index in [1.807, 2.05) is 69.3 Å². The second kappa shape index (κ2) is 10.7. The highest BCUT2D eigenvalue weighted by Crippen LogP contribution is 2.55. The van der Waals surface area contributed by atoms with Crippen molar-refractivity contribution in [2.45, 2.75) is 33.6 Å². The minimum Gasteiger partial charge on any atom is -0.477 e. The zero-order chi connectivity index (χ0) is 25.2. The molecule has 1 aliphatic rings. The predicted octanol–water partition coefficient (Wildman–Crippen LogP) is 6.44. The molecule has 0 spiro atoms. The van der Waals surface area contributed by atoms with E-state index in [2.05, 4.69) is 0 Å². The third kappa shape index (κ3) is 5.39. The van der Waals surface area contributed by atoms with Gasteiger partial charge in [-0.15, -0.1) is 11.3 Å². The van der Waals surface area contributed by atoms with Crippen molar-refractivity contribution in [1.82, 2.24) is 0 Å². The van der Waals surface area contributed by atoms with Crippen LogP contribution in [0.1, 0.15) is 39.2 Å². The lowest BCUT2D eigenvalue weighted by Crippen LogP contribution is -2.35. The van der Waals surface area contributed by atoms with Crippen LogP contribution in [0.15, 0.2) is 48.5 Å². The largest absolute Gasteiger partial charge is 0.477 e. The van der Waals surface area contributed by atoms with Crippen LogP contribution in [0.25, 0.3) is 10.4 Å². The maximum Gasteiger partial charge on any atom is 0.348 e. The molecule has 1 N–H and O–H groups in total. The Kier molecular flexibility index (Phi) is 7.82. The van der Waals surface area contributed by atoms with Crippen molar-refractivity contribution in [1.29, 1.82) is 0 Å². The van der Waals surface area contributed by atoms with Crippen molar-refractivity contribution in [2.75, 3.05) is 31.5 Å². The summed E-state index contributed by atoms with van der Waals surface area (Å²) in [6.07, 6.45) is 1.65. The van der Waals surface area contributed by atoms with Crippen LogP contribution in [-0.2, 0) is 13.8 Å². The molecular weight excluding hydrogens is 481 g/mol. The highest BCUT2D eigenvalue weighted by Gasteiger charge is 2.39. The molecule has 0 aliphatic carbocycles. The van der Waals surface area contributed by atoms with Crippen molar-refractivity contribution in [3.63, 3.8) is 0 Å². The molecule has 4 rings (SSSR count). The molecule has 1 fully saturated rings. The molecule has 8 heteroatoms. The molecule has 6 nitrogen and oxygen atoms in total. The SMILES string of the molecule is COP(=O)(c1ccc(C)cc1C)N(CC1CCOCC1)c1cc(-c2ccc(C)cc2)sc1C(=O)O. The van der Waals surface area contributed by atoms with Crippen LogP contribution in [0.2, 0.25) is 0 Å². The average molecular weight is 514 g/mol. The van der Waals surface area contributed by atoms with Crippen LogP contribution in [0.3, 0.4) is 0 Å². The Balaban J connectivity index is 1.88. The van der Waals surface area contributed by atoms with Crippen LogP contribution in [-0.4, -0.2) is 37.9 Å². The minimum absolute atomic E-state index is 0.162. The predicted molar refractivity (Wildman–Crippen MR) is 143 cm³/mol. The number of aromatic carboxylic acids is 1. The average Bonchev–Trinajstić information content (AvgIpc) is 3.28. The number of aryl methyl sites for hydroxylation is 3. The van der Waals surface area contributed by atoms with Gasteiger partial charge in [0.05, 0.1) is 11.0 Å². The normalized spacial score (nSPS) is 16.1. The van der Waals surface area contributed by atoms with Crippen molar-refractivity contribution in [2.24, 2.45) is 5.92 Å². The van der Waals surface area contributed by atoms with E-state index in [1.165, 1.54) is 18.4 Å². The molecule has 0 bridgehead atoms. The van der Waals surface area contributed by atoms with E-state index >= 15 is 0 Å². The summed E-state index contributed by atoms with van der Waals surface area (Å²) in [5.74, 6) is -0.828. The Morgan fingerprint density at radius 1 is 1.09 bits per heavy atom. The van der Waals surface area contributed by atoms with Gasteiger partial charge < -0.3 is 14.4 Å². The topological polar surface area (TPSA) is 76.1 Å². The molecule has 1 aliphatic heterocycles. The van der Waals surface area contributed by atoms with Crippen LogP contribution < -0.4 is 9.97 Å². The number of carbonyl (C=O) groups is 1. The van der Waals surface area contributed by atoms with Crippen LogP contribution in [0, 0.1) is 26.7 Å². The molecule has 1 aromatic heterocycles. The molecule has 0 amide bonds. The molecule has 0 saturated carbocycles. The number of carboxylic acid groups (broad SMARTS) is 1. The van der Waals surface area contributed by atoms with Crippen LogP contribution in [0.5, 0.6) is 0 Å². The summed E-state index contributed by atoms with van der Waals surface area (Å²) in [6.45, 7) is 7.63. The number of nitrogens with zero attached hydrogens (tertiary/aromatic N) is 1. The van der Waals surface area contributed by atoms with Crippen molar-refractivity contribution < 1.29 is 23.7 Å². The maximum atomic E-state index is 14.7. The standard InChI is InChI=1S/C27H32NO5PS/c1-18-5-8-22(9-6-18)25-16-23(26(35-25)27(29)30)28(17-21-11-13-33-14-12-21)34(31,32-4)24-10-7-19(2)15-20(24)3/h5-10,15-16,21H,11-14,17H2,1-4H3,(H,29,30). The smallest absolute Gasteiger partial charge is 0.348 e. The lowest BCUT2D eigenvalue weighted by molar-refractivity contribution is 0.0683. The van der Waals surface area contributed by atoms with Crippen molar-refractivity contribution >= 4 is 35.8 Å². The number of benzene rings is 2. The third-order valence-corrected chi connectivity index (χ3v) is 10.3. The number of hydrogen-bond donors (Lipinski definition) is 1. The first-order valence-corrected chi connectivity index (χ1v) is 14.2. The fourth-order valence-corrected chi connectivity index (χ4v) is 7.94. The van der Waals surface area contributed by atoms with Gasteiger partial charge in [-0.05, 0) is 62.8 Å². The monoisotopic (exact) mass is 513 g/mol. The van der Waals surface area contributed by atoms with E-state index < -0.39 is 13.5 Å². The maximum absolute atomic E-state index is 14.7. The summed E-state index contributed by atoms with van der Waals surface area (Å²) in [5.41, 5.74) is 4.42. The van der Waals surface area contributed by atoms with Crippen molar-refractivity contribution in [3.05, 3.63) is 70.1 Å². The van der Waals surface area contributed by atoms with E-state index in [-0.39, 0.29) is 10.8 Å². The Hall–Kier alpha value is -2.44. The first-order valence-electron chi connectivity index (χ1n) is 11.8. The summed E-state index contributed by atoms with van der Waals surface area (Å²) >= 11 is 1.20. The zero-order valence-corrected chi connectivity index (χ0v) is 22.3. The summed E-state index contributed by atoms with van der Waals surface area (Å²) in [6, 6.07) is 15.6. The summed E-state index contributed by atoms with van der Waals surface area (Å²) in [4.78, 5) is 13.4. The van der Waals surface area contributed by atoms with Gasteiger partial charge in [0.15, 0.2) is 0 Å². The molecule has 1 atom stereocenters. The minimum atomic E-state index is -3.63. The van der Waals surface area contributed by atoms with Gasteiger partial charge in [-0.2, -0.15) is 0 Å². The number of anilines is 1. The Morgan fingerprint density at radius 3 is 2.34 bits per heavy atom. The zero-order valence-electron chi connectivity index (χ0n) is 20.6. The Bertz CT molecular complexity index is 1250.